The monoisotopic (exact) mass is 340 g/mol. The number of nitrogens with zero attached hydrogens (tertiary/aromatic N) is 3. The third-order valence-electron chi connectivity index (χ3n) is 3.72. The fourth-order valence-electron chi connectivity index (χ4n) is 2.54. The maximum atomic E-state index is 13.3. The van der Waals surface area contributed by atoms with Crippen LogP contribution in [0.2, 0.25) is 0 Å². The van der Waals surface area contributed by atoms with Crippen LogP contribution >= 0.6 is 0 Å². The highest BCUT2D eigenvalue weighted by Gasteiger charge is 2.11. The van der Waals surface area contributed by atoms with Crippen LogP contribution in [0.4, 0.5) is 31.9 Å². The standard InChI is InChI=1S/C19H18F2N4/c1-3-25(15-6-4-5-13(2)11-15)18-9-10-22-19(24-18)23-14-7-8-16(20)17(21)12-14/h4-12H,3H2,1-2H3,(H,22,23,24). The van der Waals surface area contributed by atoms with Gasteiger partial charge in [-0.25, -0.2) is 13.8 Å². The number of benzene rings is 2. The van der Waals surface area contributed by atoms with E-state index in [1.54, 1.807) is 6.20 Å². The Bertz CT molecular complexity index is 883. The molecule has 3 rings (SSSR count). The predicted molar refractivity (Wildman–Crippen MR) is 95.5 cm³/mol. The Labute approximate surface area is 145 Å². The van der Waals surface area contributed by atoms with E-state index in [2.05, 4.69) is 21.4 Å². The molecule has 0 aliphatic carbocycles. The second kappa shape index (κ2) is 7.25. The zero-order chi connectivity index (χ0) is 17.8. The van der Waals surface area contributed by atoms with Crippen molar-refractivity contribution in [2.45, 2.75) is 13.8 Å². The number of anilines is 4. The molecule has 4 nitrogen and oxygen atoms in total. The van der Waals surface area contributed by atoms with E-state index < -0.39 is 11.6 Å². The van der Waals surface area contributed by atoms with Crippen molar-refractivity contribution in [1.82, 2.24) is 9.97 Å². The highest BCUT2D eigenvalue weighted by Crippen LogP contribution is 2.25. The van der Waals surface area contributed by atoms with E-state index in [1.807, 2.05) is 43.0 Å². The highest BCUT2D eigenvalue weighted by atomic mass is 19.2. The molecule has 128 valence electrons. The first-order chi connectivity index (χ1) is 12.1. The van der Waals surface area contributed by atoms with Crippen molar-refractivity contribution in [3.63, 3.8) is 0 Å². The van der Waals surface area contributed by atoms with Crippen LogP contribution in [0.15, 0.2) is 54.7 Å². The number of hydrogen-bond donors (Lipinski definition) is 1. The third kappa shape index (κ3) is 3.91. The van der Waals surface area contributed by atoms with E-state index in [0.29, 0.717) is 17.5 Å². The largest absolute Gasteiger partial charge is 0.326 e. The molecule has 0 aliphatic rings. The molecule has 0 amide bonds. The van der Waals surface area contributed by atoms with Gasteiger partial charge in [0, 0.05) is 30.2 Å². The minimum absolute atomic E-state index is 0.314. The number of aromatic nitrogens is 2. The molecule has 6 heteroatoms. The van der Waals surface area contributed by atoms with Crippen molar-refractivity contribution in [3.05, 3.63) is 71.9 Å². The Kier molecular flexibility index (Phi) is 4.88. The van der Waals surface area contributed by atoms with Crippen LogP contribution in [-0.2, 0) is 0 Å². The molecule has 25 heavy (non-hydrogen) atoms. The minimum Gasteiger partial charge on any atom is -0.326 e. The van der Waals surface area contributed by atoms with Gasteiger partial charge >= 0.3 is 0 Å². The van der Waals surface area contributed by atoms with Gasteiger partial charge in [0.2, 0.25) is 5.95 Å². The molecule has 0 spiro atoms. The van der Waals surface area contributed by atoms with Gasteiger partial charge in [-0.1, -0.05) is 12.1 Å². The fourth-order valence-corrected chi connectivity index (χ4v) is 2.54. The Morgan fingerprint density at radius 1 is 1.04 bits per heavy atom. The maximum absolute atomic E-state index is 13.3. The van der Waals surface area contributed by atoms with Gasteiger partial charge in [0.25, 0.3) is 0 Å². The molecular formula is C19H18F2N4. The molecule has 0 unspecified atom stereocenters. The molecule has 0 fully saturated rings. The summed E-state index contributed by atoms with van der Waals surface area (Å²) in [6.07, 6.45) is 1.63. The van der Waals surface area contributed by atoms with Crippen molar-refractivity contribution in [2.24, 2.45) is 0 Å². The number of halogens is 2. The summed E-state index contributed by atoms with van der Waals surface area (Å²) in [5.74, 6) is -0.782. The summed E-state index contributed by atoms with van der Waals surface area (Å²) >= 11 is 0. The predicted octanol–water partition coefficient (Wildman–Crippen LogP) is 4.96. The molecule has 0 atom stereocenters. The molecule has 1 heterocycles. The average Bonchev–Trinajstić information content (AvgIpc) is 2.59. The zero-order valence-electron chi connectivity index (χ0n) is 14.0. The van der Waals surface area contributed by atoms with Gasteiger partial charge in [0.15, 0.2) is 11.6 Å². The van der Waals surface area contributed by atoms with Crippen LogP contribution in [0.1, 0.15) is 12.5 Å². The van der Waals surface area contributed by atoms with Gasteiger partial charge in [0.05, 0.1) is 0 Å². The van der Waals surface area contributed by atoms with E-state index in [1.165, 1.54) is 6.07 Å². The first-order valence-electron chi connectivity index (χ1n) is 7.96. The lowest BCUT2D eigenvalue weighted by Crippen LogP contribution is -2.18. The lowest BCUT2D eigenvalue weighted by Gasteiger charge is -2.22. The molecule has 0 bridgehead atoms. The second-order valence-corrected chi connectivity index (χ2v) is 5.58. The Morgan fingerprint density at radius 2 is 1.88 bits per heavy atom. The maximum Gasteiger partial charge on any atom is 0.229 e. The van der Waals surface area contributed by atoms with Crippen molar-refractivity contribution in [1.29, 1.82) is 0 Å². The summed E-state index contributed by atoms with van der Waals surface area (Å²) in [6, 6.07) is 13.5. The van der Waals surface area contributed by atoms with E-state index in [-0.39, 0.29) is 0 Å². The second-order valence-electron chi connectivity index (χ2n) is 5.58. The van der Waals surface area contributed by atoms with E-state index in [4.69, 9.17) is 0 Å². The van der Waals surface area contributed by atoms with Crippen LogP contribution in [0.3, 0.4) is 0 Å². The zero-order valence-corrected chi connectivity index (χ0v) is 14.0. The minimum atomic E-state index is -0.920. The van der Waals surface area contributed by atoms with Crippen molar-refractivity contribution in [3.8, 4) is 0 Å². The summed E-state index contributed by atoms with van der Waals surface area (Å²) in [7, 11) is 0. The highest BCUT2D eigenvalue weighted by molar-refractivity contribution is 5.62. The summed E-state index contributed by atoms with van der Waals surface area (Å²) in [4.78, 5) is 10.7. The third-order valence-corrected chi connectivity index (χ3v) is 3.72. The Hall–Kier alpha value is -3.02. The SMILES string of the molecule is CCN(c1cccc(C)c1)c1ccnc(Nc2ccc(F)c(F)c2)n1. The molecular weight excluding hydrogens is 322 g/mol. The summed E-state index contributed by atoms with van der Waals surface area (Å²) < 4.78 is 26.4. The topological polar surface area (TPSA) is 41.1 Å². The van der Waals surface area contributed by atoms with Gasteiger partial charge in [-0.2, -0.15) is 4.98 Å². The van der Waals surface area contributed by atoms with Crippen LogP contribution in [0, 0.1) is 18.6 Å². The van der Waals surface area contributed by atoms with E-state index in [0.717, 1.165) is 29.9 Å². The first kappa shape index (κ1) is 16.8. The van der Waals surface area contributed by atoms with Crippen molar-refractivity contribution < 1.29 is 8.78 Å². The van der Waals surface area contributed by atoms with Crippen molar-refractivity contribution >= 4 is 23.1 Å². The van der Waals surface area contributed by atoms with Gasteiger partial charge in [-0.05, 0) is 49.7 Å². The molecule has 3 aromatic rings. The first-order valence-corrected chi connectivity index (χ1v) is 7.96. The van der Waals surface area contributed by atoms with Gasteiger partial charge in [-0.3, -0.25) is 0 Å². The summed E-state index contributed by atoms with van der Waals surface area (Å²) in [6.45, 7) is 4.80. The van der Waals surface area contributed by atoms with Crippen LogP contribution in [0.25, 0.3) is 0 Å². The van der Waals surface area contributed by atoms with Crippen molar-refractivity contribution in [2.75, 3.05) is 16.8 Å². The molecule has 2 aromatic carbocycles. The van der Waals surface area contributed by atoms with E-state index in [9.17, 15) is 8.78 Å². The van der Waals surface area contributed by atoms with Crippen LogP contribution < -0.4 is 10.2 Å². The Balaban J connectivity index is 1.88. The van der Waals surface area contributed by atoms with Gasteiger partial charge in [0.1, 0.15) is 5.82 Å². The van der Waals surface area contributed by atoms with Crippen LogP contribution in [0.5, 0.6) is 0 Å². The smallest absolute Gasteiger partial charge is 0.229 e. The number of hydrogen-bond acceptors (Lipinski definition) is 4. The van der Waals surface area contributed by atoms with Crippen LogP contribution in [-0.4, -0.2) is 16.5 Å². The number of nitrogens with one attached hydrogen (secondary N) is 1. The Morgan fingerprint density at radius 3 is 2.60 bits per heavy atom. The molecule has 1 N–H and O–H groups in total. The quantitative estimate of drug-likeness (QED) is 0.712. The summed E-state index contributed by atoms with van der Waals surface area (Å²) in [5.41, 5.74) is 2.57. The molecule has 0 aliphatic heterocycles. The number of aryl methyl sites for hydroxylation is 1. The van der Waals surface area contributed by atoms with Gasteiger partial charge in [-0.15, -0.1) is 0 Å². The lowest BCUT2D eigenvalue weighted by molar-refractivity contribution is 0.509. The molecule has 0 saturated heterocycles. The summed E-state index contributed by atoms with van der Waals surface area (Å²) in [5, 5.41) is 2.90. The molecule has 1 aromatic heterocycles. The van der Waals surface area contributed by atoms with E-state index >= 15 is 0 Å². The lowest BCUT2D eigenvalue weighted by atomic mass is 10.2. The molecule has 0 saturated carbocycles. The molecule has 0 radical (unpaired) electrons. The average molecular weight is 340 g/mol. The normalized spacial score (nSPS) is 10.6. The van der Waals surface area contributed by atoms with Gasteiger partial charge < -0.3 is 10.2 Å². The fraction of sp³-hybridized carbons (Fsp3) is 0.158. The number of rotatable bonds is 5.